The van der Waals surface area contributed by atoms with Crippen LogP contribution in [0, 0.1) is 6.92 Å². The second kappa shape index (κ2) is 8.40. The lowest BCUT2D eigenvalue weighted by Crippen LogP contribution is -2.25. The quantitative estimate of drug-likeness (QED) is 0.394. The van der Waals surface area contributed by atoms with Crippen LogP contribution in [-0.4, -0.2) is 16.5 Å². The van der Waals surface area contributed by atoms with Gasteiger partial charge in [-0.2, -0.15) is 0 Å². The molecule has 1 saturated carbocycles. The summed E-state index contributed by atoms with van der Waals surface area (Å²) < 4.78 is 2.75. The standard InChI is InChI=1S/C27H23BrN2O2/c1-17-2-5-21(26(31)29-23-9-10-23)15-25(17)19-6-11-24-20(14-19)12-13-30(27(24)32)16-18-3-7-22(28)8-4-18/h2-8,11-15,23H,9-10,16H2,1H3,(H,29,31). The highest BCUT2D eigenvalue weighted by atomic mass is 79.9. The minimum Gasteiger partial charge on any atom is -0.349 e. The molecule has 1 heterocycles. The average molecular weight is 487 g/mol. The zero-order valence-electron chi connectivity index (χ0n) is 17.8. The summed E-state index contributed by atoms with van der Waals surface area (Å²) in [6, 6.07) is 22.0. The highest BCUT2D eigenvalue weighted by Gasteiger charge is 2.24. The smallest absolute Gasteiger partial charge is 0.258 e. The van der Waals surface area contributed by atoms with Crippen LogP contribution in [0.25, 0.3) is 21.9 Å². The number of carbonyl (C=O) groups excluding carboxylic acids is 1. The Labute approximate surface area is 195 Å². The van der Waals surface area contributed by atoms with Crippen LogP contribution in [-0.2, 0) is 6.54 Å². The molecule has 1 N–H and O–H groups in total. The van der Waals surface area contributed by atoms with Crippen molar-refractivity contribution in [2.45, 2.75) is 32.4 Å². The SMILES string of the molecule is Cc1ccc(C(=O)NC2CC2)cc1-c1ccc2c(=O)n(Cc3ccc(Br)cc3)ccc2c1. The lowest BCUT2D eigenvalue weighted by atomic mass is 9.96. The van der Waals surface area contributed by atoms with Crippen molar-refractivity contribution in [3.8, 4) is 11.1 Å². The number of hydrogen-bond acceptors (Lipinski definition) is 2. The molecule has 4 nitrogen and oxygen atoms in total. The van der Waals surface area contributed by atoms with Crippen molar-refractivity contribution in [3.05, 3.63) is 104 Å². The van der Waals surface area contributed by atoms with E-state index >= 15 is 0 Å². The molecule has 32 heavy (non-hydrogen) atoms. The monoisotopic (exact) mass is 486 g/mol. The zero-order chi connectivity index (χ0) is 22.2. The molecule has 1 aliphatic rings. The molecular weight excluding hydrogens is 464 g/mol. The lowest BCUT2D eigenvalue weighted by Gasteiger charge is -2.12. The summed E-state index contributed by atoms with van der Waals surface area (Å²) in [7, 11) is 0. The first kappa shape index (κ1) is 20.7. The van der Waals surface area contributed by atoms with Gasteiger partial charge in [0.05, 0.1) is 6.54 Å². The number of amides is 1. The summed E-state index contributed by atoms with van der Waals surface area (Å²) in [5, 5.41) is 4.63. The van der Waals surface area contributed by atoms with Gasteiger partial charge in [-0.15, -0.1) is 0 Å². The van der Waals surface area contributed by atoms with Gasteiger partial charge < -0.3 is 9.88 Å². The molecule has 0 bridgehead atoms. The molecule has 0 atom stereocenters. The van der Waals surface area contributed by atoms with Crippen molar-refractivity contribution in [3.63, 3.8) is 0 Å². The van der Waals surface area contributed by atoms with E-state index in [-0.39, 0.29) is 11.5 Å². The molecular formula is C27H23BrN2O2. The van der Waals surface area contributed by atoms with Crippen molar-refractivity contribution in [2.24, 2.45) is 0 Å². The van der Waals surface area contributed by atoms with Crippen LogP contribution >= 0.6 is 15.9 Å². The Morgan fingerprint density at radius 3 is 2.56 bits per heavy atom. The normalized spacial score (nSPS) is 13.3. The maximum absolute atomic E-state index is 13.1. The summed E-state index contributed by atoms with van der Waals surface area (Å²) in [5.74, 6) is -0.0228. The second-order valence-corrected chi connectivity index (χ2v) is 9.37. The summed E-state index contributed by atoms with van der Waals surface area (Å²) in [5.41, 5.74) is 4.84. The molecule has 5 heteroatoms. The first-order valence-corrected chi connectivity index (χ1v) is 11.6. The van der Waals surface area contributed by atoms with Crippen molar-refractivity contribution < 1.29 is 4.79 Å². The molecule has 4 aromatic rings. The van der Waals surface area contributed by atoms with Gasteiger partial charge in [0.25, 0.3) is 11.5 Å². The van der Waals surface area contributed by atoms with Crippen molar-refractivity contribution >= 4 is 32.6 Å². The topological polar surface area (TPSA) is 51.1 Å². The third-order valence-corrected chi connectivity index (χ3v) is 6.50. The van der Waals surface area contributed by atoms with Crippen LogP contribution in [0.5, 0.6) is 0 Å². The van der Waals surface area contributed by atoms with E-state index in [1.807, 2.05) is 79.9 Å². The molecule has 0 saturated heterocycles. The number of pyridine rings is 1. The largest absolute Gasteiger partial charge is 0.349 e. The number of aryl methyl sites for hydroxylation is 1. The maximum atomic E-state index is 13.1. The molecule has 1 aliphatic carbocycles. The second-order valence-electron chi connectivity index (χ2n) is 8.45. The summed E-state index contributed by atoms with van der Waals surface area (Å²) in [4.78, 5) is 25.6. The highest BCUT2D eigenvalue weighted by Crippen LogP contribution is 2.28. The predicted molar refractivity (Wildman–Crippen MR) is 132 cm³/mol. The van der Waals surface area contributed by atoms with Gasteiger partial charge in [-0.1, -0.05) is 40.2 Å². The molecule has 1 aromatic heterocycles. The van der Waals surface area contributed by atoms with Gasteiger partial charge in [0.15, 0.2) is 0 Å². The number of fused-ring (bicyclic) bond motifs is 1. The molecule has 0 radical (unpaired) electrons. The maximum Gasteiger partial charge on any atom is 0.258 e. The molecule has 1 amide bonds. The van der Waals surface area contributed by atoms with Crippen molar-refractivity contribution in [2.75, 3.05) is 0 Å². The van der Waals surface area contributed by atoms with Crippen molar-refractivity contribution in [1.29, 1.82) is 0 Å². The molecule has 1 fully saturated rings. The number of halogens is 1. The van der Waals surface area contributed by atoms with Gasteiger partial charge in [-0.05, 0) is 89.9 Å². The lowest BCUT2D eigenvalue weighted by molar-refractivity contribution is 0.0951. The Bertz CT molecular complexity index is 1390. The van der Waals surface area contributed by atoms with Gasteiger partial charge in [-0.25, -0.2) is 0 Å². The van der Waals surface area contributed by atoms with Crippen LogP contribution < -0.4 is 10.9 Å². The van der Waals surface area contributed by atoms with E-state index in [2.05, 4.69) is 21.2 Å². The Morgan fingerprint density at radius 1 is 1.03 bits per heavy atom. The molecule has 3 aromatic carbocycles. The van der Waals surface area contributed by atoms with Crippen LogP contribution in [0.15, 0.2) is 82.2 Å². The molecule has 0 unspecified atom stereocenters. The molecule has 0 aliphatic heterocycles. The van der Waals surface area contributed by atoms with Gasteiger partial charge in [0.1, 0.15) is 0 Å². The summed E-state index contributed by atoms with van der Waals surface area (Å²) in [6.07, 6.45) is 3.98. The van der Waals surface area contributed by atoms with E-state index in [1.165, 1.54) is 0 Å². The van der Waals surface area contributed by atoms with E-state index in [4.69, 9.17) is 0 Å². The number of benzene rings is 3. The number of carbonyl (C=O) groups is 1. The van der Waals surface area contributed by atoms with Gasteiger partial charge in [0.2, 0.25) is 0 Å². The molecule has 160 valence electrons. The third kappa shape index (κ3) is 4.26. The Morgan fingerprint density at radius 2 is 1.81 bits per heavy atom. The van der Waals surface area contributed by atoms with E-state index in [0.717, 1.165) is 45.0 Å². The first-order chi connectivity index (χ1) is 15.5. The number of nitrogens with zero attached hydrogens (tertiary/aromatic N) is 1. The minimum atomic E-state index is -0.0228. The fraction of sp³-hybridized carbons (Fsp3) is 0.185. The zero-order valence-corrected chi connectivity index (χ0v) is 19.4. The first-order valence-electron chi connectivity index (χ1n) is 10.8. The van der Waals surface area contributed by atoms with Crippen LogP contribution in [0.4, 0.5) is 0 Å². The van der Waals surface area contributed by atoms with Crippen LogP contribution in [0.1, 0.15) is 34.3 Å². The van der Waals surface area contributed by atoms with Crippen LogP contribution in [0.2, 0.25) is 0 Å². The Hall–Kier alpha value is -3.18. The van der Waals surface area contributed by atoms with E-state index in [9.17, 15) is 9.59 Å². The number of aromatic nitrogens is 1. The number of hydrogen-bond donors (Lipinski definition) is 1. The summed E-state index contributed by atoms with van der Waals surface area (Å²) >= 11 is 3.44. The Balaban J connectivity index is 1.48. The molecule has 5 rings (SSSR count). The molecule has 0 spiro atoms. The number of rotatable bonds is 5. The summed E-state index contributed by atoms with van der Waals surface area (Å²) in [6.45, 7) is 2.57. The third-order valence-electron chi connectivity index (χ3n) is 5.97. The Kier molecular flexibility index (Phi) is 5.43. The fourth-order valence-corrected chi connectivity index (χ4v) is 4.20. The average Bonchev–Trinajstić information content (AvgIpc) is 3.61. The van der Waals surface area contributed by atoms with E-state index < -0.39 is 0 Å². The van der Waals surface area contributed by atoms with Gasteiger partial charge in [-0.3, -0.25) is 9.59 Å². The van der Waals surface area contributed by atoms with Gasteiger partial charge >= 0.3 is 0 Å². The highest BCUT2D eigenvalue weighted by molar-refractivity contribution is 9.10. The van der Waals surface area contributed by atoms with E-state index in [1.54, 1.807) is 4.57 Å². The van der Waals surface area contributed by atoms with Crippen molar-refractivity contribution in [1.82, 2.24) is 9.88 Å². The fourth-order valence-electron chi connectivity index (χ4n) is 3.94. The van der Waals surface area contributed by atoms with Gasteiger partial charge in [0, 0.05) is 27.7 Å². The number of nitrogens with one attached hydrogen (secondary N) is 1. The minimum absolute atomic E-state index is 0.00810. The predicted octanol–water partition coefficient (Wildman–Crippen LogP) is 5.68. The van der Waals surface area contributed by atoms with Crippen LogP contribution in [0.3, 0.4) is 0 Å². The van der Waals surface area contributed by atoms with E-state index in [0.29, 0.717) is 23.5 Å².